The van der Waals surface area contributed by atoms with E-state index < -0.39 is 11.9 Å². The highest BCUT2D eigenvalue weighted by atomic mass is 16.4. The van der Waals surface area contributed by atoms with Crippen LogP contribution in [0.2, 0.25) is 0 Å². The van der Waals surface area contributed by atoms with E-state index in [9.17, 15) is 9.59 Å². The molecule has 8 heteroatoms. The van der Waals surface area contributed by atoms with Gasteiger partial charge in [-0.1, -0.05) is 19.8 Å². The van der Waals surface area contributed by atoms with Crippen molar-refractivity contribution in [2.75, 3.05) is 26.2 Å². The van der Waals surface area contributed by atoms with Crippen molar-refractivity contribution in [1.29, 1.82) is 0 Å². The smallest absolute Gasteiger partial charge is 0.304 e. The van der Waals surface area contributed by atoms with E-state index in [1.54, 1.807) is 0 Å². The van der Waals surface area contributed by atoms with Crippen molar-refractivity contribution in [3.63, 3.8) is 0 Å². The van der Waals surface area contributed by atoms with E-state index in [1.807, 2.05) is 6.92 Å². The summed E-state index contributed by atoms with van der Waals surface area (Å²) in [6, 6.07) is 0.254. The van der Waals surface area contributed by atoms with Crippen molar-refractivity contribution in [2.45, 2.75) is 83.3 Å². The molecule has 0 spiro atoms. The summed E-state index contributed by atoms with van der Waals surface area (Å²) in [7, 11) is 0. The minimum Gasteiger partial charge on any atom is -0.481 e. The minimum atomic E-state index is -0.789. The average molecular weight is 389 g/mol. The van der Waals surface area contributed by atoms with E-state index >= 15 is 0 Å². The molecule has 0 bridgehead atoms. The largest absolute Gasteiger partial charge is 0.481 e. The van der Waals surface area contributed by atoms with Gasteiger partial charge >= 0.3 is 11.9 Å². The van der Waals surface area contributed by atoms with Gasteiger partial charge in [0.25, 0.3) is 0 Å². The predicted molar refractivity (Wildman–Crippen MR) is 108 cm³/mol. The van der Waals surface area contributed by atoms with Gasteiger partial charge in [-0.3, -0.25) is 14.5 Å². The third kappa shape index (κ3) is 16.7. The summed E-state index contributed by atoms with van der Waals surface area (Å²) in [4.78, 5) is 23.1. The summed E-state index contributed by atoms with van der Waals surface area (Å²) in [6.45, 7) is 5.89. The number of hydrogen-bond donors (Lipinski definition) is 5. The van der Waals surface area contributed by atoms with Gasteiger partial charge in [-0.2, -0.15) is 0 Å². The van der Waals surface area contributed by atoms with Crippen LogP contribution < -0.4 is 16.8 Å². The van der Waals surface area contributed by atoms with Gasteiger partial charge < -0.3 is 27.0 Å². The lowest BCUT2D eigenvalue weighted by atomic mass is 9.98. The molecule has 27 heavy (non-hydrogen) atoms. The summed E-state index contributed by atoms with van der Waals surface area (Å²) in [5, 5.41) is 20.5. The van der Waals surface area contributed by atoms with Gasteiger partial charge in [-0.15, -0.1) is 0 Å². The number of carbonyl (C=O) groups is 2. The number of nitrogens with zero attached hydrogens (tertiary/aromatic N) is 1. The summed E-state index contributed by atoms with van der Waals surface area (Å²) in [5.74, 6) is -1.56. The Morgan fingerprint density at radius 2 is 1.63 bits per heavy atom. The van der Waals surface area contributed by atoms with Crippen molar-refractivity contribution in [3.05, 3.63) is 0 Å². The maximum Gasteiger partial charge on any atom is 0.304 e. The molecule has 0 radical (unpaired) electrons. The molecule has 1 atom stereocenters. The lowest BCUT2D eigenvalue weighted by molar-refractivity contribution is -0.139. The van der Waals surface area contributed by atoms with Crippen molar-refractivity contribution < 1.29 is 19.8 Å². The second-order valence-electron chi connectivity index (χ2n) is 7.14. The quantitative estimate of drug-likeness (QED) is 0.414. The van der Waals surface area contributed by atoms with E-state index in [0.29, 0.717) is 13.0 Å². The fourth-order valence-electron chi connectivity index (χ4n) is 3.01. The Kier molecular flexibility index (Phi) is 16.2. The van der Waals surface area contributed by atoms with Gasteiger partial charge in [-0.25, -0.2) is 0 Å². The number of nitrogens with two attached hydrogens (primary N) is 2. The zero-order valence-corrected chi connectivity index (χ0v) is 16.9. The SMILES string of the molecule is C1CCNCC1.CCC(N)N.O=C(O)CCC1CCCCN1CCC(=O)O. The molecule has 2 heterocycles. The molecule has 160 valence electrons. The van der Waals surface area contributed by atoms with Crippen LogP contribution in [0.15, 0.2) is 0 Å². The van der Waals surface area contributed by atoms with Crippen molar-refractivity contribution in [3.8, 4) is 0 Å². The maximum absolute atomic E-state index is 10.5. The van der Waals surface area contributed by atoms with E-state index in [2.05, 4.69) is 10.2 Å². The second-order valence-corrected chi connectivity index (χ2v) is 7.14. The highest BCUT2D eigenvalue weighted by molar-refractivity contribution is 5.67. The molecule has 2 rings (SSSR count). The number of piperidine rings is 2. The molecule has 8 nitrogen and oxygen atoms in total. The molecular formula is C19H40N4O4. The van der Waals surface area contributed by atoms with Gasteiger partial charge in [0, 0.05) is 19.0 Å². The number of rotatable bonds is 7. The molecule has 0 amide bonds. The van der Waals surface area contributed by atoms with Crippen molar-refractivity contribution in [2.24, 2.45) is 11.5 Å². The third-order valence-corrected chi connectivity index (χ3v) is 4.73. The molecule has 2 saturated heterocycles. The van der Waals surface area contributed by atoms with Gasteiger partial charge in [0.05, 0.1) is 12.6 Å². The van der Waals surface area contributed by atoms with Crippen molar-refractivity contribution in [1.82, 2.24) is 10.2 Å². The first-order valence-electron chi connectivity index (χ1n) is 10.3. The first-order valence-corrected chi connectivity index (χ1v) is 10.3. The Bertz CT molecular complexity index is 352. The van der Waals surface area contributed by atoms with Gasteiger partial charge in [0.2, 0.25) is 0 Å². The highest BCUT2D eigenvalue weighted by Crippen LogP contribution is 2.20. The number of likely N-dealkylation sites (tertiary alicyclic amines) is 1. The van der Waals surface area contributed by atoms with E-state index in [1.165, 1.54) is 32.4 Å². The number of carboxylic acids is 2. The fraction of sp³-hybridized carbons (Fsp3) is 0.895. The van der Waals surface area contributed by atoms with Gasteiger partial charge in [-0.05, 0) is 58.2 Å². The van der Waals surface area contributed by atoms with Gasteiger partial charge in [0.1, 0.15) is 0 Å². The van der Waals surface area contributed by atoms with Crippen LogP contribution in [0, 0.1) is 0 Å². The molecule has 0 aromatic rings. The van der Waals surface area contributed by atoms with E-state index in [0.717, 1.165) is 32.2 Å². The molecule has 2 aliphatic rings. The van der Waals surface area contributed by atoms with Crippen LogP contribution in [-0.2, 0) is 9.59 Å². The number of carboxylic acid groups (broad SMARTS) is 2. The predicted octanol–water partition coefficient (Wildman–Crippen LogP) is 1.58. The Hall–Kier alpha value is -1.22. The Morgan fingerprint density at radius 1 is 1.04 bits per heavy atom. The Balaban J connectivity index is 0.000000500. The molecule has 0 aromatic heterocycles. The first-order chi connectivity index (χ1) is 12.9. The zero-order chi connectivity index (χ0) is 20.5. The Labute approximate surface area is 163 Å². The van der Waals surface area contributed by atoms with E-state index in [-0.39, 0.29) is 25.0 Å². The average Bonchev–Trinajstić information content (AvgIpc) is 2.67. The topological polar surface area (TPSA) is 142 Å². The standard InChI is InChI=1S/C11H19NO4.C5H11N.C3H10N2/c13-10(14)5-4-9-3-1-2-7-12(9)8-6-11(15)16;1-2-4-6-5-3-1;1-2-3(4)5/h9H,1-8H2,(H,13,14)(H,15,16);6H,1-5H2;3H,2,4-5H2,1H3. The van der Waals surface area contributed by atoms with Crippen LogP contribution in [0.4, 0.5) is 0 Å². The highest BCUT2D eigenvalue weighted by Gasteiger charge is 2.23. The summed E-state index contributed by atoms with van der Waals surface area (Å²) in [5.41, 5.74) is 10.1. The van der Waals surface area contributed by atoms with Crippen LogP contribution in [0.25, 0.3) is 0 Å². The number of aliphatic carboxylic acids is 2. The molecular weight excluding hydrogens is 348 g/mol. The summed E-state index contributed by atoms with van der Waals surface area (Å²) < 4.78 is 0. The normalized spacial score (nSPS) is 20.1. The molecule has 0 aliphatic carbocycles. The fourth-order valence-corrected chi connectivity index (χ4v) is 3.01. The first kappa shape index (κ1) is 25.8. The Morgan fingerprint density at radius 3 is 2.04 bits per heavy atom. The molecule has 1 unspecified atom stereocenters. The molecule has 2 fully saturated rings. The summed E-state index contributed by atoms with van der Waals surface area (Å²) in [6.07, 6.45) is 9.11. The number of hydrogen-bond acceptors (Lipinski definition) is 6. The molecule has 0 aromatic carbocycles. The lowest BCUT2D eigenvalue weighted by Crippen LogP contribution is -2.40. The minimum absolute atomic E-state index is 0.116. The molecule has 2 aliphatic heterocycles. The van der Waals surface area contributed by atoms with Gasteiger partial charge in [0.15, 0.2) is 0 Å². The van der Waals surface area contributed by atoms with Crippen LogP contribution in [0.3, 0.4) is 0 Å². The number of nitrogens with one attached hydrogen (secondary N) is 1. The van der Waals surface area contributed by atoms with Crippen LogP contribution in [-0.4, -0.2) is 65.4 Å². The molecule has 7 N–H and O–H groups in total. The van der Waals surface area contributed by atoms with Crippen LogP contribution in [0.1, 0.15) is 71.1 Å². The summed E-state index contributed by atoms with van der Waals surface area (Å²) >= 11 is 0. The zero-order valence-electron chi connectivity index (χ0n) is 16.9. The third-order valence-electron chi connectivity index (χ3n) is 4.73. The lowest BCUT2D eigenvalue weighted by Gasteiger charge is -2.35. The molecule has 0 saturated carbocycles. The maximum atomic E-state index is 10.5. The monoisotopic (exact) mass is 388 g/mol. The van der Waals surface area contributed by atoms with E-state index in [4.69, 9.17) is 21.7 Å². The van der Waals surface area contributed by atoms with Crippen LogP contribution in [0.5, 0.6) is 0 Å². The second kappa shape index (κ2) is 16.9. The van der Waals surface area contributed by atoms with Crippen LogP contribution >= 0.6 is 0 Å². The van der Waals surface area contributed by atoms with Crippen molar-refractivity contribution >= 4 is 11.9 Å².